The Morgan fingerprint density at radius 3 is 3.19 bits per heavy atom. The van der Waals surface area contributed by atoms with Gasteiger partial charge in [-0.1, -0.05) is 0 Å². The molecule has 1 saturated heterocycles. The van der Waals surface area contributed by atoms with Crippen LogP contribution in [-0.4, -0.2) is 58.8 Å². The molecular formula is C19H23N5O2S. The molecule has 8 heteroatoms. The molecule has 2 amide bonds. The van der Waals surface area contributed by atoms with Crippen LogP contribution in [0.2, 0.25) is 0 Å². The zero-order valence-electron chi connectivity index (χ0n) is 15.3. The number of hydrogen-bond acceptors (Lipinski definition) is 5. The molecule has 1 N–H and O–H groups in total. The zero-order valence-corrected chi connectivity index (χ0v) is 16.1. The van der Waals surface area contributed by atoms with Gasteiger partial charge in [-0.15, -0.1) is 0 Å². The third-order valence-electron chi connectivity index (χ3n) is 4.85. The lowest BCUT2D eigenvalue weighted by Crippen LogP contribution is -2.39. The number of pyridine rings is 1. The minimum atomic E-state index is -0.0110. The number of amides is 2. The minimum Gasteiger partial charge on any atom is -0.385 e. The number of rotatable bonds is 6. The molecule has 3 aromatic rings. The van der Waals surface area contributed by atoms with E-state index in [0.717, 1.165) is 41.9 Å². The Morgan fingerprint density at radius 2 is 2.37 bits per heavy atom. The average Bonchev–Trinajstić information content (AvgIpc) is 3.43. The first-order valence-corrected chi connectivity index (χ1v) is 10.1. The topological polar surface area (TPSA) is 72.3 Å². The summed E-state index contributed by atoms with van der Waals surface area (Å²) in [6.45, 7) is 2.68. The number of nitrogens with zero attached hydrogens (tertiary/aromatic N) is 4. The van der Waals surface area contributed by atoms with E-state index >= 15 is 0 Å². The van der Waals surface area contributed by atoms with Crippen LogP contribution < -0.4 is 5.32 Å². The molecule has 0 unspecified atom stereocenters. The summed E-state index contributed by atoms with van der Waals surface area (Å²) in [6, 6.07) is 6.14. The number of ether oxygens (including phenoxy) is 1. The van der Waals surface area contributed by atoms with E-state index in [4.69, 9.17) is 9.72 Å². The SMILES string of the molecule is COCCCNC(=O)N1CC[C@H](n2c(-c3ccsc3)nc3cccnc32)C1. The van der Waals surface area contributed by atoms with E-state index in [-0.39, 0.29) is 12.1 Å². The quantitative estimate of drug-likeness (QED) is 0.662. The number of imidazole rings is 1. The number of carbonyl (C=O) groups excluding carboxylic acids is 1. The Kier molecular flexibility index (Phi) is 5.35. The highest BCUT2D eigenvalue weighted by molar-refractivity contribution is 7.08. The molecule has 4 rings (SSSR count). The third kappa shape index (κ3) is 3.68. The van der Waals surface area contributed by atoms with E-state index in [0.29, 0.717) is 19.7 Å². The molecule has 1 fully saturated rings. The first kappa shape index (κ1) is 17.9. The Labute approximate surface area is 162 Å². The Balaban J connectivity index is 1.55. The van der Waals surface area contributed by atoms with Crippen molar-refractivity contribution in [2.45, 2.75) is 18.9 Å². The predicted octanol–water partition coefficient (Wildman–Crippen LogP) is 3.15. The number of fused-ring (bicyclic) bond motifs is 1. The largest absolute Gasteiger partial charge is 0.385 e. The van der Waals surface area contributed by atoms with Gasteiger partial charge in [0.05, 0.1) is 6.04 Å². The average molecular weight is 385 g/mol. The number of nitrogens with one attached hydrogen (secondary N) is 1. The van der Waals surface area contributed by atoms with Gasteiger partial charge in [0.15, 0.2) is 5.65 Å². The predicted molar refractivity (Wildman–Crippen MR) is 106 cm³/mol. The maximum Gasteiger partial charge on any atom is 0.317 e. The number of hydrogen-bond donors (Lipinski definition) is 1. The molecule has 3 aromatic heterocycles. The van der Waals surface area contributed by atoms with Gasteiger partial charge >= 0.3 is 6.03 Å². The van der Waals surface area contributed by atoms with Gasteiger partial charge in [0.1, 0.15) is 11.3 Å². The highest BCUT2D eigenvalue weighted by Gasteiger charge is 2.30. The van der Waals surface area contributed by atoms with E-state index in [9.17, 15) is 4.79 Å². The van der Waals surface area contributed by atoms with Gasteiger partial charge in [-0.2, -0.15) is 11.3 Å². The lowest BCUT2D eigenvalue weighted by Gasteiger charge is -2.19. The van der Waals surface area contributed by atoms with Gasteiger partial charge in [0.2, 0.25) is 0 Å². The second-order valence-corrected chi connectivity index (χ2v) is 7.41. The Morgan fingerprint density at radius 1 is 1.44 bits per heavy atom. The number of thiophene rings is 1. The normalized spacial score (nSPS) is 16.9. The highest BCUT2D eigenvalue weighted by Crippen LogP contribution is 2.32. The van der Waals surface area contributed by atoms with E-state index in [2.05, 4.69) is 31.7 Å². The number of likely N-dealkylation sites (tertiary alicyclic amines) is 1. The Bertz CT molecular complexity index is 908. The van der Waals surface area contributed by atoms with Gasteiger partial charge in [-0.05, 0) is 36.4 Å². The Hall–Kier alpha value is -2.45. The van der Waals surface area contributed by atoms with Crippen LogP contribution in [0, 0.1) is 0 Å². The van der Waals surface area contributed by atoms with Crippen molar-refractivity contribution in [2.24, 2.45) is 0 Å². The van der Waals surface area contributed by atoms with Crippen molar-refractivity contribution >= 4 is 28.5 Å². The van der Waals surface area contributed by atoms with Gasteiger partial charge in [0, 0.05) is 50.5 Å². The molecule has 4 heterocycles. The first-order valence-electron chi connectivity index (χ1n) is 9.15. The number of urea groups is 1. The fraction of sp³-hybridized carbons (Fsp3) is 0.421. The number of methoxy groups -OCH3 is 1. The number of carbonyl (C=O) groups is 1. The lowest BCUT2D eigenvalue weighted by atomic mass is 10.2. The smallest absolute Gasteiger partial charge is 0.317 e. The van der Waals surface area contributed by atoms with Crippen molar-refractivity contribution in [3.63, 3.8) is 0 Å². The summed E-state index contributed by atoms with van der Waals surface area (Å²) >= 11 is 1.66. The summed E-state index contributed by atoms with van der Waals surface area (Å²) in [5.41, 5.74) is 2.87. The van der Waals surface area contributed by atoms with E-state index in [1.54, 1.807) is 24.6 Å². The van der Waals surface area contributed by atoms with Crippen LogP contribution in [-0.2, 0) is 4.74 Å². The monoisotopic (exact) mass is 385 g/mol. The summed E-state index contributed by atoms with van der Waals surface area (Å²) in [5, 5.41) is 7.13. The van der Waals surface area contributed by atoms with Crippen LogP contribution in [0.3, 0.4) is 0 Å². The molecule has 0 aliphatic carbocycles. The molecule has 0 aromatic carbocycles. The second kappa shape index (κ2) is 8.06. The molecule has 0 bridgehead atoms. The summed E-state index contributed by atoms with van der Waals surface area (Å²) in [5.74, 6) is 0.928. The molecule has 27 heavy (non-hydrogen) atoms. The molecule has 0 spiro atoms. The van der Waals surface area contributed by atoms with Crippen LogP contribution in [0.1, 0.15) is 18.9 Å². The fourth-order valence-electron chi connectivity index (χ4n) is 3.53. The molecule has 1 aliphatic heterocycles. The van der Waals surface area contributed by atoms with Crippen molar-refractivity contribution in [2.75, 3.05) is 33.4 Å². The van der Waals surface area contributed by atoms with E-state index in [1.165, 1.54) is 0 Å². The molecular weight excluding hydrogens is 362 g/mol. The highest BCUT2D eigenvalue weighted by atomic mass is 32.1. The summed E-state index contributed by atoms with van der Waals surface area (Å²) < 4.78 is 7.23. The third-order valence-corrected chi connectivity index (χ3v) is 5.53. The summed E-state index contributed by atoms with van der Waals surface area (Å²) in [7, 11) is 1.67. The standard InChI is InChI=1S/C19H23N5O2S/c1-26-10-3-8-21-19(25)23-9-5-15(12-23)24-17(14-6-11-27-13-14)22-16-4-2-7-20-18(16)24/h2,4,6-7,11,13,15H,3,5,8-10,12H2,1H3,(H,21,25)/t15-/m0/s1. The number of aromatic nitrogens is 3. The van der Waals surface area contributed by atoms with Gasteiger partial charge in [0.25, 0.3) is 0 Å². The van der Waals surface area contributed by atoms with E-state index in [1.807, 2.05) is 17.0 Å². The van der Waals surface area contributed by atoms with Gasteiger partial charge in [-0.25, -0.2) is 14.8 Å². The zero-order chi connectivity index (χ0) is 18.6. The maximum absolute atomic E-state index is 12.4. The van der Waals surface area contributed by atoms with Crippen LogP contribution in [0.4, 0.5) is 4.79 Å². The molecule has 0 saturated carbocycles. The second-order valence-electron chi connectivity index (χ2n) is 6.63. The van der Waals surface area contributed by atoms with Crippen molar-refractivity contribution in [1.82, 2.24) is 24.8 Å². The van der Waals surface area contributed by atoms with Crippen LogP contribution in [0.25, 0.3) is 22.6 Å². The summed E-state index contributed by atoms with van der Waals surface area (Å²) in [6.07, 6.45) is 3.51. The molecule has 1 atom stereocenters. The van der Waals surface area contributed by atoms with Crippen LogP contribution in [0.15, 0.2) is 35.2 Å². The molecule has 0 radical (unpaired) electrons. The van der Waals surface area contributed by atoms with Gasteiger partial charge < -0.3 is 19.5 Å². The van der Waals surface area contributed by atoms with Crippen molar-refractivity contribution < 1.29 is 9.53 Å². The molecule has 7 nitrogen and oxygen atoms in total. The van der Waals surface area contributed by atoms with Gasteiger partial charge in [-0.3, -0.25) is 0 Å². The van der Waals surface area contributed by atoms with Crippen LogP contribution >= 0.6 is 11.3 Å². The lowest BCUT2D eigenvalue weighted by molar-refractivity contribution is 0.188. The van der Waals surface area contributed by atoms with Crippen molar-refractivity contribution in [1.29, 1.82) is 0 Å². The minimum absolute atomic E-state index is 0.0110. The summed E-state index contributed by atoms with van der Waals surface area (Å²) in [4.78, 5) is 23.7. The van der Waals surface area contributed by atoms with Crippen LogP contribution in [0.5, 0.6) is 0 Å². The maximum atomic E-state index is 12.4. The van der Waals surface area contributed by atoms with Crippen molar-refractivity contribution in [3.05, 3.63) is 35.2 Å². The van der Waals surface area contributed by atoms with E-state index < -0.39 is 0 Å². The molecule has 142 valence electrons. The fourth-order valence-corrected chi connectivity index (χ4v) is 4.17. The first-order chi connectivity index (χ1) is 13.3. The van der Waals surface area contributed by atoms with Crippen molar-refractivity contribution in [3.8, 4) is 11.4 Å². The molecule has 1 aliphatic rings.